The maximum Gasteiger partial charge on any atom is 0.586 e. The maximum atomic E-state index is 13.0. The molecule has 2 heterocycles. The molecule has 1 N–H and O–H groups in total. The van der Waals surface area contributed by atoms with Crippen LogP contribution in [0.1, 0.15) is 5.56 Å². The summed E-state index contributed by atoms with van der Waals surface area (Å²) in [7, 11) is 0. The molecule has 0 spiro atoms. The second kappa shape index (κ2) is 5.08. The number of pyridine rings is 1. The molecule has 0 atom stereocenters. The molecule has 1 aromatic heterocycles. The van der Waals surface area contributed by atoms with Crippen LogP contribution in [-0.2, 0) is 6.54 Å². The van der Waals surface area contributed by atoms with E-state index in [0.717, 1.165) is 16.3 Å². The minimum atomic E-state index is -3.59. The Balaban J connectivity index is 1.50. The molecule has 0 fully saturated rings. The van der Waals surface area contributed by atoms with Gasteiger partial charge in [-0.25, -0.2) is 0 Å². The second-order valence-electron chi connectivity index (χ2n) is 5.24. The highest BCUT2D eigenvalue weighted by Gasteiger charge is 2.43. The van der Waals surface area contributed by atoms with Gasteiger partial charge in [0.2, 0.25) is 0 Å². The zero-order valence-electron chi connectivity index (χ0n) is 11.9. The van der Waals surface area contributed by atoms with Crippen molar-refractivity contribution >= 4 is 16.5 Å². The molecule has 6 heteroatoms. The van der Waals surface area contributed by atoms with Gasteiger partial charge in [0.25, 0.3) is 0 Å². The first kappa shape index (κ1) is 13.8. The molecule has 0 amide bonds. The molecule has 0 bridgehead atoms. The second-order valence-corrected chi connectivity index (χ2v) is 5.24. The number of aromatic nitrogens is 1. The fourth-order valence-electron chi connectivity index (χ4n) is 2.51. The van der Waals surface area contributed by atoms with Gasteiger partial charge in [-0.1, -0.05) is 12.1 Å². The van der Waals surface area contributed by atoms with Crippen molar-refractivity contribution in [2.45, 2.75) is 12.8 Å². The number of nitrogens with zero attached hydrogens (tertiary/aromatic N) is 1. The summed E-state index contributed by atoms with van der Waals surface area (Å²) in [6.07, 6.45) is -0.0323. The maximum absolute atomic E-state index is 13.0. The molecule has 23 heavy (non-hydrogen) atoms. The van der Waals surface area contributed by atoms with Crippen molar-refractivity contribution in [2.24, 2.45) is 0 Å². The van der Waals surface area contributed by atoms with Crippen LogP contribution in [0.3, 0.4) is 0 Å². The summed E-state index contributed by atoms with van der Waals surface area (Å²) < 4.78 is 34.8. The first-order valence-corrected chi connectivity index (χ1v) is 7.05. The average Bonchev–Trinajstić information content (AvgIpc) is 2.85. The Morgan fingerprint density at radius 2 is 1.83 bits per heavy atom. The van der Waals surface area contributed by atoms with Gasteiger partial charge in [-0.05, 0) is 35.2 Å². The molecule has 0 aliphatic carbocycles. The Labute approximate surface area is 130 Å². The van der Waals surface area contributed by atoms with E-state index in [-0.39, 0.29) is 11.5 Å². The van der Waals surface area contributed by atoms with Crippen molar-refractivity contribution in [3.05, 3.63) is 60.4 Å². The van der Waals surface area contributed by atoms with E-state index in [2.05, 4.69) is 25.8 Å². The topological polar surface area (TPSA) is 43.4 Å². The Kier molecular flexibility index (Phi) is 3.04. The van der Waals surface area contributed by atoms with Crippen LogP contribution in [0.5, 0.6) is 11.5 Å². The normalized spacial score (nSPS) is 14.9. The molecule has 116 valence electrons. The molecule has 2 aromatic carbocycles. The lowest BCUT2D eigenvalue weighted by Gasteiger charge is -2.08. The molecule has 4 nitrogen and oxygen atoms in total. The third-order valence-electron chi connectivity index (χ3n) is 3.60. The van der Waals surface area contributed by atoms with Gasteiger partial charge in [0.15, 0.2) is 11.5 Å². The standard InChI is InChI=1S/C17H12F2N2O2/c18-17(19)22-15-4-3-14(8-16(15)23-17)21-9-11-1-2-13-10-20-6-5-12(13)7-11/h1-8,10,21H,9H2. The summed E-state index contributed by atoms with van der Waals surface area (Å²) in [4.78, 5) is 4.08. The van der Waals surface area contributed by atoms with Crippen molar-refractivity contribution in [1.82, 2.24) is 4.98 Å². The van der Waals surface area contributed by atoms with Gasteiger partial charge >= 0.3 is 6.29 Å². The van der Waals surface area contributed by atoms with Crippen LogP contribution in [0.4, 0.5) is 14.5 Å². The largest absolute Gasteiger partial charge is 0.586 e. The molecular weight excluding hydrogens is 302 g/mol. The highest BCUT2D eigenvalue weighted by atomic mass is 19.3. The summed E-state index contributed by atoms with van der Waals surface area (Å²) in [6.45, 7) is 0.564. The number of benzene rings is 2. The number of halogens is 2. The zero-order chi connectivity index (χ0) is 15.9. The van der Waals surface area contributed by atoms with E-state index >= 15 is 0 Å². The van der Waals surface area contributed by atoms with Gasteiger partial charge in [0.05, 0.1) is 0 Å². The van der Waals surface area contributed by atoms with E-state index in [4.69, 9.17) is 0 Å². The summed E-state index contributed by atoms with van der Waals surface area (Å²) in [5.41, 5.74) is 1.76. The lowest BCUT2D eigenvalue weighted by molar-refractivity contribution is -0.286. The smallest absolute Gasteiger partial charge is 0.395 e. The van der Waals surface area contributed by atoms with Crippen molar-refractivity contribution in [1.29, 1.82) is 0 Å². The molecular formula is C17H12F2N2O2. The van der Waals surface area contributed by atoms with Crippen LogP contribution < -0.4 is 14.8 Å². The summed E-state index contributed by atoms with van der Waals surface area (Å²) >= 11 is 0. The molecule has 4 rings (SSSR count). The Morgan fingerprint density at radius 3 is 2.74 bits per heavy atom. The lowest BCUT2D eigenvalue weighted by atomic mass is 10.1. The summed E-state index contributed by atoms with van der Waals surface area (Å²) in [5, 5.41) is 5.36. The number of hydrogen-bond acceptors (Lipinski definition) is 4. The Hall–Kier alpha value is -2.89. The molecule has 0 saturated heterocycles. The number of nitrogens with one attached hydrogen (secondary N) is 1. The van der Waals surface area contributed by atoms with Crippen molar-refractivity contribution < 1.29 is 18.3 Å². The molecule has 0 unspecified atom stereocenters. The van der Waals surface area contributed by atoms with Gasteiger partial charge in [-0.3, -0.25) is 4.98 Å². The third kappa shape index (κ3) is 2.75. The molecule has 0 radical (unpaired) electrons. The Bertz CT molecular complexity index is 883. The quantitative estimate of drug-likeness (QED) is 0.788. The number of ether oxygens (including phenoxy) is 2. The van der Waals surface area contributed by atoms with E-state index < -0.39 is 6.29 Å². The SMILES string of the molecule is FC1(F)Oc2ccc(NCc3ccc4cnccc4c3)cc2O1. The first-order chi connectivity index (χ1) is 11.1. The van der Waals surface area contributed by atoms with Crippen LogP contribution in [0, 0.1) is 0 Å². The minimum absolute atomic E-state index is 0.0320. The highest BCUT2D eigenvalue weighted by molar-refractivity contribution is 5.82. The predicted molar refractivity (Wildman–Crippen MR) is 81.7 cm³/mol. The number of hydrogen-bond donors (Lipinski definition) is 1. The van der Waals surface area contributed by atoms with Gasteiger partial charge < -0.3 is 14.8 Å². The fraction of sp³-hybridized carbons (Fsp3) is 0.118. The van der Waals surface area contributed by atoms with Crippen LogP contribution in [0.2, 0.25) is 0 Å². The predicted octanol–water partition coefficient (Wildman–Crippen LogP) is 4.17. The monoisotopic (exact) mass is 314 g/mol. The number of fused-ring (bicyclic) bond motifs is 2. The summed E-state index contributed by atoms with van der Waals surface area (Å²) in [6, 6.07) is 12.6. The number of alkyl halides is 2. The Morgan fingerprint density at radius 1 is 0.957 bits per heavy atom. The number of anilines is 1. The van der Waals surface area contributed by atoms with Gasteiger partial charge in [-0.15, -0.1) is 8.78 Å². The van der Waals surface area contributed by atoms with Gasteiger partial charge in [0.1, 0.15) is 0 Å². The van der Waals surface area contributed by atoms with Crippen molar-refractivity contribution in [2.75, 3.05) is 5.32 Å². The van der Waals surface area contributed by atoms with E-state index in [0.29, 0.717) is 12.2 Å². The van der Waals surface area contributed by atoms with E-state index in [1.807, 2.05) is 24.4 Å². The van der Waals surface area contributed by atoms with Gasteiger partial charge in [0, 0.05) is 36.1 Å². The molecule has 1 aliphatic rings. The number of rotatable bonds is 3. The van der Waals surface area contributed by atoms with Crippen molar-refractivity contribution in [3.8, 4) is 11.5 Å². The molecule has 0 saturated carbocycles. The van der Waals surface area contributed by atoms with E-state index in [1.165, 1.54) is 12.1 Å². The van der Waals surface area contributed by atoms with Crippen LogP contribution in [-0.4, -0.2) is 11.3 Å². The average molecular weight is 314 g/mol. The van der Waals surface area contributed by atoms with Crippen LogP contribution in [0.25, 0.3) is 10.8 Å². The zero-order valence-corrected chi connectivity index (χ0v) is 11.9. The fourth-order valence-corrected chi connectivity index (χ4v) is 2.51. The van der Waals surface area contributed by atoms with E-state index in [1.54, 1.807) is 12.3 Å². The first-order valence-electron chi connectivity index (χ1n) is 7.05. The summed E-state index contributed by atoms with van der Waals surface area (Å²) in [5.74, 6) is 0.0725. The van der Waals surface area contributed by atoms with Gasteiger partial charge in [-0.2, -0.15) is 0 Å². The molecule has 1 aliphatic heterocycles. The highest BCUT2D eigenvalue weighted by Crippen LogP contribution is 2.42. The van der Waals surface area contributed by atoms with E-state index in [9.17, 15) is 8.78 Å². The van der Waals surface area contributed by atoms with Crippen molar-refractivity contribution in [3.63, 3.8) is 0 Å². The van der Waals surface area contributed by atoms with Crippen LogP contribution in [0.15, 0.2) is 54.9 Å². The minimum Gasteiger partial charge on any atom is -0.395 e. The molecule has 3 aromatic rings. The lowest BCUT2D eigenvalue weighted by Crippen LogP contribution is -2.25. The third-order valence-corrected chi connectivity index (χ3v) is 3.60. The van der Waals surface area contributed by atoms with Crippen LogP contribution >= 0.6 is 0 Å².